The Morgan fingerprint density at radius 3 is 3.07 bits per heavy atom. The maximum atomic E-state index is 9.76. The molecule has 0 amide bonds. The molecule has 0 aliphatic carbocycles. The molecule has 8 heteroatoms. The molecule has 28 heavy (non-hydrogen) atoms. The van der Waals surface area contributed by atoms with Crippen molar-refractivity contribution in [2.45, 2.75) is 25.4 Å². The Hall–Kier alpha value is -2.71. The molecule has 3 aromatic rings. The van der Waals surface area contributed by atoms with E-state index in [4.69, 9.17) is 10.7 Å². The summed E-state index contributed by atoms with van der Waals surface area (Å²) in [6.07, 6.45) is 3.95. The Bertz CT molecular complexity index is 968. The minimum absolute atomic E-state index is 0.137. The molecule has 2 atom stereocenters. The van der Waals surface area contributed by atoms with E-state index in [0.29, 0.717) is 26.1 Å². The molecule has 4 heterocycles. The number of pyridine rings is 2. The highest BCUT2D eigenvalue weighted by Crippen LogP contribution is 2.36. The molecule has 3 aromatic heterocycles. The quantitative estimate of drug-likeness (QED) is 0.569. The van der Waals surface area contributed by atoms with Crippen LogP contribution >= 0.6 is 0 Å². The first-order chi connectivity index (χ1) is 13.6. The van der Waals surface area contributed by atoms with Crippen LogP contribution in [0, 0.1) is 0 Å². The second-order valence-corrected chi connectivity index (χ2v) is 7.36. The van der Waals surface area contributed by atoms with Crippen LogP contribution in [0.5, 0.6) is 0 Å². The lowest BCUT2D eigenvalue weighted by Gasteiger charge is -2.25. The third-order valence-electron chi connectivity index (χ3n) is 5.31. The summed E-state index contributed by atoms with van der Waals surface area (Å²) in [7, 11) is 1.95. The van der Waals surface area contributed by atoms with E-state index in [0.717, 1.165) is 40.3 Å². The fourth-order valence-corrected chi connectivity index (χ4v) is 3.81. The van der Waals surface area contributed by atoms with Crippen molar-refractivity contribution >= 4 is 22.5 Å². The first-order valence-corrected chi connectivity index (χ1v) is 9.73. The smallest absolute Gasteiger partial charge is 0.140 e. The number of aliphatic hydroxyl groups excluding tert-OH is 1. The number of fused-ring (bicyclic) bond motifs is 2. The van der Waals surface area contributed by atoms with Crippen LogP contribution in [0.1, 0.15) is 30.5 Å². The lowest BCUT2D eigenvalue weighted by Crippen LogP contribution is -2.33. The van der Waals surface area contributed by atoms with Crippen LogP contribution in [0.15, 0.2) is 30.6 Å². The van der Waals surface area contributed by atoms with Crippen molar-refractivity contribution in [1.82, 2.24) is 19.7 Å². The van der Waals surface area contributed by atoms with E-state index in [1.54, 1.807) is 13.1 Å². The van der Waals surface area contributed by atoms with Gasteiger partial charge in [0.25, 0.3) is 0 Å². The third kappa shape index (κ3) is 3.41. The Kier molecular flexibility index (Phi) is 5.15. The zero-order valence-electron chi connectivity index (χ0n) is 16.3. The van der Waals surface area contributed by atoms with Gasteiger partial charge in [0.1, 0.15) is 11.6 Å². The number of nitrogens with one attached hydrogen (secondary N) is 1. The summed E-state index contributed by atoms with van der Waals surface area (Å²) in [5.41, 5.74) is 9.07. The van der Waals surface area contributed by atoms with Gasteiger partial charge in [0.15, 0.2) is 0 Å². The standard InChI is InChI=1S/C20H27N7O/c1-13(28)5-8-27(9-6-21)20-16-12-24-26(2)18(16)10-17(25-20)15-11-23-19-14(15)4-3-7-22-19/h3-4,7,10,12-13,15,28H,5-6,8-9,11,21H2,1-2H3,(H,22,23). The number of hydrogen-bond donors (Lipinski definition) is 3. The van der Waals surface area contributed by atoms with Crippen LogP contribution in [0.3, 0.4) is 0 Å². The fourth-order valence-electron chi connectivity index (χ4n) is 3.81. The highest BCUT2D eigenvalue weighted by molar-refractivity contribution is 5.90. The lowest BCUT2D eigenvalue weighted by atomic mass is 9.98. The van der Waals surface area contributed by atoms with Gasteiger partial charge in [-0.1, -0.05) is 6.07 Å². The molecule has 148 valence electrons. The highest BCUT2D eigenvalue weighted by Gasteiger charge is 2.27. The minimum atomic E-state index is -0.371. The van der Waals surface area contributed by atoms with Crippen molar-refractivity contribution in [3.63, 3.8) is 0 Å². The number of anilines is 2. The van der Waals surface area contributed by atoms with Crippen LogP contribution in [-0.4, -0.2) is 57.1 Å². The molecule has 0 aromatic carbocycles. The molecule has 0 saturated carbocycles. The lowest BCUT2D eigenvalue weighted by molar-refractivity contribution is 0.186. The number of hydrogen-bond acceptors (Lipinski definition) is 7. The van der Waals surface area contributed by atoms with E-state index >= 15 is 0 Å². The van der Waals surface area contributed by atoms with Gasteiger partial charge in [0, 0.05) is 50.9 Å². The number of nitrogens with two attached hydrogens (primary N) is 1. The molecule has 0 fully saturated rings. The molecule has 8 nitrogen and oxygen atoms in total. The minimum Gasteiger partial charge on any atom is -0.393 e. The molecule has 1 aliphatic heterocycles. The van der Waals surface area contributed by atoms with Gasteiger partial charge in [-0.2, -0.15) is 5.10 Å². The average molecular weight is 381 g/mol. The van der Waals surface area contributed by atoms with Gasteiger partial charge >= 0.3 is 0 Å². The molecular weight excluding hydrogens is 354 g/mol. The SMILES string of the molecule is CC(O)CCN(CCN)c1nc(C2CNc3ncccc32)cc2c1cnn2C. The third-order valence-corrected chi connectivity index (χ3v) is 5.31. The number of aliphatic hydroxyl groups is 1. The molecule has 0 saturated heterocycles. The Labute approximate surface area is 164 Å². The maximum absolute atomic E-state index is 9.76. The van der Waals surface area contributed by atoms with Crippen LogP contribution in [0.2, 0.25) is 0 Å². The molecule has 0 radical (unpaired) electrons. The summed E-state index contributed by atoms with van der Waals surface area (Å²) < 4.78 is 1.88. The number of nitrogens with zero attached hydrogens (tertiary/aromatic N) is 5. The van der Waals surface area contributed by atoms with Gasteiger partial charge in [0.2, 0.25) is 0 Å². The van der Waals surface area contributed by atoms with Gasteiger partial charge in [0.05, 0.1) is 28.9 Å². The highest BCUT2D eigenvalue weighted by atomic mass is 16.3. The van der Waals surface area contributed by atoms with Gasteiger partial charge in [-0.15, -0.1) is 0 Å². The summed E-state index contributed by atoms with van der Waals surface area (Å²) in [6, 6.07) is 6.19. The first-order valence-electron chi connectivity index (χ1n) is 9.73. The van der Waals surface area contributed by atoms with Gasteiger partial charge in [-0.05, 0) is 25.5 Å². The zero-order valence-corrected chi connectivity index (χ0v) is 16.3. The van der Waals surface area contributed by atoms with Crippen LogP contribution in [0.25, 0.3) is 10.9 Å². The van der Waals surface area contributed by atoms with E-state index < -0.39 is 0 Å². The van der Waals surface area contributed by atoms with E-state index in [-0.39, 0.29) is 12.0 Å². The normalized spacial score (nSPS) is 16.8. The molecule has 0 bridgehead atoms. The number of aryl methyl sites for hydroxylation is 1. The van der Waals surface area contributed by atoms with E-state index in [9.17, 15) is 5.11 Å². The van der Waals surface area contributed by atoms with Crippen molar-refractivity contribution in [2.24, 2.45) is 12.8 Å². The van der Waals surface area contributed by atoms with Crippen molar-refractivity contribution in [1.29, 1.82) is 0 Å². The van der Waals surface area contributed by atoms with Crippen molar-refractivity contribution in [3.8, 4) is 0 Å². The fraction of sp³-hybridized carbons (Fsp3) is 0.450. The second kappa shape index (κ2) is 7.73. The molecule has 2 unspecified atom stereocenters. The van der Waals surface area contributed by atoms with E-state index in [1.807, 2.05) is 24.0 Å². The van der Waals surface area contributed by atoms with Crippen LogP contribution in [-0.2, 0) is 7.05 Å². The van der Waals surface area contributed by atoms with Crippen molar-refractivity contribution in [2.75, 3.05) is 36.4 Å². The van der Waals surface area contributed by atoms with Crippen LogP contribution in [0.4, 0.5) is 11.6 Å². The van der Waals surface area contributed by atoms with E-state index in [1.165, 1.54) is 0 Å². The zero-order chi connectivity index (χ0) is 19.7. The largest absolute Gasteiger partial charge is 0.393 e. The van der Waals surface area contributed by atoms with Gasteiger partial charge < -0.3 is 21.1 Å². The topological polar surface area (TPSA) is 105 Å². The Morgan fingerprint density at radius 1 is 1.43 bits per heavy atom. The Morgan fingerprint density at radius 2 is 2.29 bits per heavy atom. The summed E-state index contributed by atoms with van der Waals surface area (Å²) in [5, 5.41) is 18.6. The van der Waals surface area contributed by atoms with Crippen molar-refractivity contribution in [3.05, 3.63) is 41.9 Å². The van der Waals surface area contributed by atoms with Gasteiger partial charge in [-0.3, -0.25) is 4.68 Å². The van der Waals surface area contributed by atoms with Crippen LogP contribution < -0.4 is 16.0 Å². The Balaban J connectivity index is 1.80. The number of rotatable bonds is 7. The second-order valence-electron chi connectivity index (χ2n) is 7.36. The van der Waals surface area contributed by atoms with Crippen molar-refractivity contribution < 1.29 is 5.11 Å². The molecule has 1 aliphatic rings. The molecule has 4 rings (SSSR count). The predicted molar refractivity (Wildman–Crippen MR) is 111 cm³/mol. The maximum Gasteiger partial charge on any atom is 0.140 e. The summed E-state index contributed by atoms with van der Waals surface area (Å²) in [6.45, 7) is 4.46. The average Bonchev–Trinajstić information content (AvgIpc) is 3.28. The molecule has 4 N–H and O–H groups in total. The molecular formula is C20H27N7O. The summed E-state index contributed by atoms with van der Waals surface area (Å²) >= 11 is 0. The predicted octanol–water partition coefficient (Wildman–Crippen LogP) is 1.46. The molecule has 0 spiro atoms. The van der Waals surface area contributed by atoms with E-state index in [2.05, 4.69) is 32.4 Å². The van der Waals surface area contributed by atoms with Gasteiger partial charge in [-0.25, -0.2) is 9.97 Å². The number of aromatic nitrogens is 4. The summed E-state index contributed by atoms with van der Waals surface area (Å²) in [4.78, 5) is 11.6. The summed E-state index contributed by atoms with van der Waals surface area (Å²) in [5.74, 6) is 1.94. The first kappa shape index (κ1) is 18.6. The monoisotopic (exact) mass is 381 g/mol.